The van der Waals surface area contributed by atoms with Gasteiger partial charge in [-0.3, -0.25) is 4.79 Å². The molecule has 110 valence electrons. The van der Waals surface area contributed by atoms with Gasteiger partial charge in [-0.2, -0.15) is 0 Å². The summed E-state index contributed by atoms with van der Waals surface area (Å²) in [4.78, 5) is 12.7. The molecule has 3 nitrogen and oxygen atoms in total. The van der Waals surface area contributed by atoms with E-state index in [0.29, 0.717) is 16.3 Å². The van der Waals surface area contributed by atoms with Crippen molar-refractivity contribution in [2.45, 2.75) is 44.0 Å². The van der Waals surface area contributed by atoms with Crippen LogP contribution in [0.25, 0.3) is 0 Å². The van der Waals surface area contributed by atoms with Crippen LogP contribution in [0.15, 0.2) is 24.3 Å². The van der Waals surface area contributed by atoms with Gasteiger partial charge >= 0.3 is 0 Å². The van der Waals surface area contributed by atoms with Crippen LogP contribution in [0.4, 0.5) is 0 Å². The lowest BCUT2D eigenvalue weighted by atomic mass is 10.1. The molecule has 1 fully saturated rings. The third-order valence-corrected chi connectivity index (χ3v) is 4.76. The molecular weight excluding hydrogens is 318 g/mol. The molecule has 0 radical (unpaired) electrons. The Bertz CT molecular complexity index is 462. The van der Waals surface area contributed by atoms with Crippen LogP contribution in [0.2, 0.25) is 0 Å². The molecule has 1 N–H and O–H groups in total. The van der Waals surface area contributed by atoms with Crippen molar-refractivity contribution < 1.29 is 9.53 Å². The van der Waals surface area contributed by atoms with Gasteiger partial charge in [-0.25, -0.2) is 0 Å². The number of hydrogen-bond donors (Lipinski definition) is 1. The lowest BCUT2D eigenvalue weighted by Gasteiger charge is -2.15. The zero-order valence-electron chi connectivity index (χ0n) is 12.1. The predicted octanol–water partition coefficient (Wildman–Crippen LogP) is 3.77. The van der Waals surface area contributed by atoms with Gasteiger partial charge in [0.15, 0.2) is 0 Å². The lowest BCUT2D eigenvalue weighted by Crippen LogP contribution is -2.30. The van der Waals surface area contributed by atoms with E-state index in [1.54, 1.807) is 6.07 Å². The fraction of sp³-hybridized carbons (Fsp3) is 0.562. The van der Waals surface area contributed by atoms with Gasteiger partial charge < -0.3 is 10.1 Å². The fourth-order valence-electron chi connectivity index (χ4n) is 2.53. The highest BCUT2D eigenvalue weighted by Crippen LogP contribution is 2.30. The number of nitrogens with one attached hydrogen (secondary N) is 1. The molecule has 1 saturated carbocycles. The molecule has 0 bridgehead atoms. The first-order chi connectivity index (χ1) is 9.56. The van der Waals surface area contributed by atoms with E-state index in [2.05, 4.69) is 21.2 Å². The van der Waals surface area contributed by atoms with E-state index in [0.717, 1.165) is 12.3 Å². The number of benzene rings is 1. The Hall–Kier alpha value is -1.03. The van der Waals surface area contributed by atoms with E-state index in [-0.39, 0.29) is 12.0 Å². The zero-order chi connectivity index (χ0) is 14.5. The minimum Gasteiger partial charge on any atom is -0.491 e. The van der Waals surface area contributed by atoms with E-state index < -0.39 is 0 Å². The van der Waals surface area contributed by atoms with Crippen molar-refractivity contribution in [3.8, 4) is 5.75 Å². The number of halogens is 1. The molecule has 1 aliphatic rings. The third-order valence-electron chi connectivity index (χ3n) is 3.56. The third kappa shape index (κ3) is 4.23. The van der Waals surface area contributed by atoms with Crippen LogP contribution in [-0.4, -0.2) is 23.4 Å². The Morgan fingerprint density at radius 3 is 2.90 bits per heavy atom. The van der Waals surface area contributed by atoms with Gasteiger partial charge in [0, 0.05) is 16.9 Å². The average molecular weight is 340 g/mol. The van der Waals surface area contributed by atoms with Crippen LogP contribution < -0.4 is 10.1 Å². The summed E-state index contributed by atoms with van der Waals surface area (Å²) in [5, 5.41) is 3.03. The van der Waals surface area contributed by atoms with Crippen molar-refractivity contribution in [2.24, 2.45) is 5.92 Å². The molecule has 1 aromatic rings. The SMILES string of the molecule is CC(C)Oc1cccc(C(=O)NCC2CCCC2Br)c1. The first-order valence-corrected chi connectivity index (χ1v) is 8.17. The summed E-state index contributed by atoms with van der Waals surface area (Å²) in [6.07, 6.45) is 3.75. The molecule has 1 aromatic carbocycles. The number of rotatable bonds is 5. The van der Waals surface area contributed by atoms with Crippen LogP contribution in [0.1, 0.15) is 43.5 Å². The largest absolute Gasteiger partial charge is 0.491 e. The van der Waals surface area contributed by atoms with Crippen LogP contribution in [0, 0.1) is 5.92 Å². The van der Waals surface area contributed by atoms with Gasteiger partial charge in [-0.05, 0) is 50.8 Å². The Balaban J connectivity index is 1.91. The summed E-state index contributed by atoms with van der Waals surface area (Å²) in [6.45, 7) is 4.69. The second kappa shape index (κ2) is 7.11. The number of amides is 1. The number of alkyl halides is 1. The minimum absolute atomic E-state index is 0.0224. The topological polar surface area (TPSA) is 38.3 Å². The van der Waals surface area contributed by atoms with Crippen LogP contribution in [0.3, 0.4) is 0 Å². The van der Waals surface area contributed by atoms with Crippen LogP contribution in [-0.2, 0) is 0 Å². The first-order valence-electron chi connectivity index (χ1n) is 7.25. The van der Waals surface area contributed by atoms with Crippen LogP contribution in [0.5, 0.6) is 5.75 Å². The molecule has 1 aliphatic carbocycles. The molecule has 0 saturated heterocycles. The van der Waals surface area contributed by atoms with Crippen molar-refractivity contribution in [3.05, 3.63) is 29.8 Å². The second-order valence-electron chi connectivity index (χ2n) is 5.61. The van der Waals surface area contributed by atoms with Gasteiger partial charge in [0.2, 0.25) is 0 Å². The van der Waals surface area contributed by atoms with E-state index in [4.69, 9.17) is 4.74 Å². The predicted molar refractivity (Wildman–Crippen MR) is 84.6 cm³/mol. The zero-order valence-corrected chi connectivity index (χ0v) is 13.7. The van der Waals surface area contributed by atoms with Gasteiger partial charge in [-0.15, -0.1) is 0 Å². The van der Waals surface area contributed by atoms with Crippen molar-refractivity contribution >= 4 is 21.8 Å². The molecule has 0 aromatic heterocycles. The highest BCUT2D eigenvalue weighted by atomic mass is 79.9. The number of carbonyl (C=O) groups is 1. The Labute approximate surface area is 129 Å². The Morgan fingerprint density at radius 2 is 2.25 bits per heavy atom. The maximum absolute atomic E-state index is 12.2. The fourth-order valence-corrected chi connectivity index (χ4v) is 3.31. The lowest BCUT2D eigenvalue weighted by molar-refractivity contribution is 0.0947. The molecule has 0 spiro atoms. The van der Waals surface area contributed by atoms with E-state index in [9.17, 15) is 4.79 Å². The quantitative estimate of drug-likeness (QED) is 0.829. The molecule has 2 atom stereocenters. The maximum Gasteiger partial charge on any atom is 0.251 e. The number of ether oxygens (including phenoxy) is 1. The molecule has 1 amide bonds. The Kier molecular flexibility index (Phi) is 5.46. The summed E-state index contributed by atoms with van der Waals surface area (Å²) >= 11 is 3.68. The molecule has 0 heterocycles. The van der Waals surface area contributed by atoms with E-state index >= 15 is 0 Å². The van der Waals surface area contributed by atoms with Crippen molar-refractivity contribution in [1.29, 1.82) is 0 Å². The van der Waals surface area contributed by atoms with E-state index in [1.807, 2.05) is 32.0 Å². The second-order valence-corrected chi connectivity index (χ2v) is 6.79. The minimum atomic E-state index is -0.0224. The highest BCUT2D eigenvalue weighted by molar-refractivity contribution is 9.09. The smallest absolute Gasteiger partial charge is 0.251 e. The molecular formula is C16H22BrNO2. The normalized spacial score (nSPS) is 22.0. The van der Waals surface area contributed by atoms with Gasteiger partial charge in [0.1, 0.15) is 5.75 Å². The molecule has 2 unspecified atom stereocenters. The summed E-state index contributed by atoms with van der Waals surface area (Å²) < 4.78 is 5.61. The van der Waals surface area contributed by atoms with Gasteiger partial charge in [-0.1, -0.05) is 28.4 Å². The maximum atomic E-state index is 12.2. The molecule has 2 rings (SSSR count). The molecule has 0 aliphatic heterocycles. The number of carbonyl (C=O) groups excluding carboxylic acids is 1. The summed E-state index contributed by atoms with van der Waals surface area (Å²) in [5.74, 6) is 1.27. The standard InChI is InChI=1S/C16H22BrNO2/c1-11(2)20-14-7-3-5-12(9-14)16(19)18-10-13-6-4-8-15(13)17/h3,5,7,9,11,13,15H,4,6,8,10H2,1-2H3,(H,18,19). The van der Waals surface area contributed by atoms with Crippen molar-refractivity contribution in [1.82, 2.24) is 5.32 Å². The molecule has 20 heavy (non-hydrogen) atoms. The monoisotopic (exact) mass is 339 g/mol. The van der Waals surface area contributed by atoms with Crippen molar-refractivity contribution in [2.75, 3.05) is 6.54 Å². The van der Waals surface area contributed by atoms with E-state index in [1.165, 1.54) is 19.3 Å². The molecule has 4 heteroatoms. The summed E-state index contributed by atoms with van der Waals surface area (Å²) in [5.41, 5.74) is 0.660. The van der Waals surface area contributed by atoms with Gasteiger partial charge in [0.05, 0.1) is 6.10 Å². The number of hydrogen-bond acceptors (Lipinski definition) is 2. The Morgan fingerprint density at radius 1 is 1.45 bits per heavy atom. The average Bonchev–Trinajstić information content (AvgIpc) is 2.81. The summed E-state index contributed by atoms with van der Waals surface area (Å²) in [6, 6.07) is 7.36. The first kappa shape index (κ1) is 15.4. The summed E-state index contributed by atoms with van der Waals surface area (Å²) in [7, 11) is 0. The van der Waals surface area contributed by atoms with Crippen molar-refractivity contribution in [3.63, 3.8) is 0 Å². The van der Waals surface area contributed by atoms with Crippen LogP contribution >= 0.6 is 15.9 Å². The highest BCUT2D eigenvalue weighted by Gasteiger charge is 2.25. The van der Waals surface area contributed by atoms with Gasteiger partial charge in [0.25, 0.3) is 5.91 Å².